The van der Waals surface area contributed by atoms with Gasteiger partial charge in [-0.1, -0.05) is 23.7 Å². The Kier molecular flexibility index (Phi) is 6.51. The summed E-state index contributed by atoms with van der Waals surface area (Å²) in [4.78, 5) is 34.2. The molecule has 1 amide bonds. The third-order valence-electron chi connectivity index (χ3n) is 3.90. The summed E-state index contributed by atoms with van der Waals surface area (Å²) in [5.41, 5.74) is 3.37. The molecule has 1 N–H and O–H groups in total. The topological polar surface area (TPSA) is 111 Å². The number of hydrogen-bond acceptors (Lipinski definition) is 6. The fraction of sp³-hybridized carbons (Fsp3) is 0. The lowest BCUT2D eigenvalue weighted by Gasteiger charge is -2.06. The van der Waals surface area contributed by atoms with Gasteiger partial charge in [-0.05, 0) is 54.1 Å². The third kappa shape index (κ3) is 5.27. The van der Waals surface area contributed by atoms with E-state index >= 15 is 0 Å². The zero-order valence-electron chi connectivity index (χ0n) is 15.3. The molecule has 0 fully saturated rings. The number of nitrogens with zero attached hydrogens (tertiary/aromatic N) is 2. The van der Waals surface area contributed by atoms with Crippen molar-refractivity contribution in [2.45, 2.75) is 0 Å². The minimum Gasteiger partial charge on any atom is -0.423 e. The number of carbonyl (C=O) groups is 2. The van der Waals surface area contributed by atoms with Crippen LogP contribution < -0.4 is 10.2 Å². The first-order chi connectivity index (χ1) is 14.4. The van der Waals surface area contributed by atoms with E-state index in [1.165, 1.54) is 30.5 Å². The quantitative estimate of drug-likeness (QED) is 0.210. The van der Waals surface area contributed by atoms with E-state index in [4.69, 9.17) is 16.3 Å². The van der Waals surface area contributed by atoms with Crippen molar-refractivity contribution in [2.24, 2.45) is 5.10 Å². The molecule has 0 saturated heterocycles. The first kappa shape index (κ1) is 20.7. The SMILES string of the molecule is O=C(N/N=C\c1ccc(OC(=O)c2ccccc2Cl)cc1)c1ccc([N+](=O)[O-])cc1. The summed E-state index contributed by atoms with van der Waals surface area (Å²) in [6.45, 7) is 0. The van der Waals surface area contributed by atoms with Crippen LogP contribution in [0.25, 0.3) is 0 Å². The number of halogens is 1. The minimum absolute atomic E-state index is 0.106. The molecule has 3 rings (SSSR count). The molecule has 3 aromatic rings. The number of nitro groups is 1. The molecule has 0 bridgehead atoms. The molecule has 0 atom stereocenters. The first-order valence-electron chi connectivity index (χ1n) is 8.58. The van der Waals surface area contributed by atoms with Gasteiger partial charge < -0.3 is 4.74 Å². The largest absolute Gasteiger partial charge is 0.423 e. The number of benzene rings is 3. The molecule has 0 radical (unpaired) electrons. The normalized spacial score (nSPS) is 10.6. The maximum absolute atomic E-state index is 12.1. The van der Waals surface area contributed by atoms with Gasteiger partial charge in [-0.2, -0.15) is 5.10 Å². The number of amides is 1. The highest BCUT2D eigenvalue weighted by atomic mass is 35.5. The molecule has 3 aromatic carbocycles. The highest BCUT2D eigenvalue weighted by Gasteiger charge is 2.12. The van der Waals surface area contributed by atoms with Gasteiger partial charge in [-0.15, -0.1) is 0 Å². The van der Waals surface area contributed by atoms with Crippen LogP contribution in [0.5, 0.6) is 5.75 Å². The molecule has 0 heterocycles. The zero-order valence-corrected chi connectivity index (χ0v) is 16.1. The van der Waals surface area contributed by atoms with Crippen LogP contribution in [-0.2, 0) is 0 Å². The second-order valence-electron chi connectivity index (χ2n) is 5.94. The van der Waals surface area contributed by atoms with Crippen molar-refractivity contribution in [3.8, 4) is 5.75 Å². The maximum Gasteiger partial charge on any atom is 0.345 e. The number of non-ortho nitro benzene ring substituents is 1. The van der Waals surface area contributed by atoms with Gasteiger partial charge in [0, 0.05) is 17.7 Å². The number of hydrogen-bond donors (Lipinski definition) is 1. The van der Waals surface area contributed by atoms with Gasteiger partial charge in [0.15, 0.2) is 0 Å². The molecule has 30 heavy (non-hydrogen) atoms. The summed E-state index contributed by atoms with van der Waals surface area (Å²) in [6, 6.07) is 18.2. The fourth-order valence-electron chi connectivity index (χ4n) is 2.38. The van der Waals surface area contributed by atoms with Crippen LogP contribution in [0.3, 0.4) is 0 Å². The van der Waals surface area contributed by atoms with E-state index in [9.17, 15) is 19.7 Å². The molecule has 9 heteroatoms. The Labute approximate surface area is 175 Å². The molecule has 0 aromatic heterocycles. The van der Waals surface area contributed by atoms with E-state index in [0.29, 0.717) is 16.3 Å². The standard InChI is InChI=1S/C21H14ClN3O5/c22-19-4-2-1-3-18(19)21(27)30-17-11-5-14(6-12-17)13-23-24-20(26)15-7-9-16(10-8-15)25(28)29/h1-13H,(H,24,26)/b23-13-. The Balaban J connectivity index is 1.56. The molecule has 150 valence electrons. The summed E-state index contributed by atoms with van der Waals surface area (Å²) in [7, 11) is 0. The summed E-state index contributed by atoms with van der Waals surface area (Å²) in [5, 5.41) is 14.8. The Bertz CT molecular complexity index is 1110. The number of hydrazone groups is 1. The van der Waals surface area contributed by atoms with E-state index in [-0.39, 0.29) is 16.8 Å². The smallest absolute Gasteiger partial charge is 0.345 e. The average Bonchev–Trinajstić information content (AvgIpc) is 2.75. The molecule has 0 spiro atoms. The zero-order chi connectivity index (χ0) is 21.5. The van der Waals surface area contributed by atoms with Crippen LogP contribution in [0, 0.1) is 10.1 Å². The molecule has 0 unspecified atom stereocenters. The van der Waals surface area contributed by atoms with E-state index < -0.39 is 16.8 Å². The molecule has 8 nitrogen and oxygen atoms in total. The van der Waals surface area contributed by atoms with Crippen molar-refractivity contribution < 1.29 is 19.2 Å². The number of ether oxygens (including phenoxy) is 1. The van der Waals surface area contributed by atoms with E-state index in [2.05, 4.69) is 10.5 Å². The fourth-order valence-corrected chi connectivity index (χ4v) is 2.59. The third-order valence-corrected chi connectivity index (χ3v) is 4.23. The van der Waals surface area contributed by atoms with Crippen LogP contribution in [0.15, 0.2) is 77.9 Å². The summed E-state index contributed by atoms with van der Waals surface area (Å²) >= 11 is 5.98. The molecule has 0 aliphatic heterocycles. The molecular formula is C21H14ClN3O5. The van der Waals surface area contributed by atoms with Gasteiger partial charge in [-0.3, -0.25) is 14.9 Å². The average molecular weight is 424 g/mol. The lowest BCUT2D eigenvalue weighted by atomic mass is 10.2. The van der Waals surface area contributed by atoms with Crippen LogP contribution >= 0.6 is 11.6 Å². The van der Waals surface area contributed by atoms with E-state index in [1.807, 2.05) is 0 Å². The van der Waals surface area contributed by atoms with Crippen molar-refractivity contribution >= 4 is 35.4 Å². The second kappa shape index (κ2) is 9.44. The van der Waals surface area contributed by atoms with Gasteiger partial charge >= 0.3 is 5.97 Å². The van der Waals surface area contributed by atoms with Gasteiger partial charge in [0.1, 0.15) is 5.75 Å². The van der Waals surface area contributed by atoms with Gasteiger partial charge in [-0.25, -0.2) is 10.2 Å². The van der Waals surface area contributed by atoms with Crippen molar-refractivity contribution in [3.05, 3.63) is 105 Å². The molecule has 0 aliphatic carbocycles. The minimum atomic E-state index is -0.572. The van der Waals surface area contributed by atoms with Gasteiger partial charge in [0.25, 0.3) is 11.6 Å². The predicted octanol–water partition coefficient (Wildman–Crippen LogP) is 4.23. The maximum atomic E-state index is 12.1. The van der Waals surface area contributed by atoms with Crippen LogP contribution in [0.1, 0.15) is 26.3 Å². The molecular weight excluding hydrogens is 410 g/mol. The van der Waals surface area contributed by atoms with Crippen LogP contribution in [0.2, 0.25) is 5.02 Å². The van der Waals surface area contributed by atoms with Gasteiger partial charge in [0.2, 0.25) is 0 Å². The van der Waals surface area contributed by atoms with E-state index in [1.54, 1.807) is 48.5 Å². The highest BCUT2D eigenvalue weighted by Crippen LogP contribution is 2.19. The van der Waals surface area contributed by atoms with Crippen LogP contribution in [-0.4, -0.2) is 23.0 Å². The summed E-state index contributed by atoms with van der Waals surface area (Å²) in [6.07, 6.45) is 1.41. The van der Waals surface area contributed by atoms with Crippen molar-refractivity contribution in [1.82, 2.24) is 5.43 Å². The van der Waals surface area contributed by atoms with Crippen molar-refractivity contribution in [1.29, 1.82) is 0 Å². The number of nitrogens with one attached hydrogen (secondary N) is 1. The van der Waals surface area contributed by atoms with Crippen LogP contribution in [0.4, 0.5) is 5.69 Å². The highest BCUT2D eigenvalue weighted by molar-refractivity contribution is 6.33. The van der Waals surface area contributed by atoms with Crippen molar-refractivity contribution in [3.63, 3.8) is 0 Å². The Morgan fingerprint density at radius 1 is 1.00 bits per heavy atom. The Hall–Kier alpha value is -4.04. The second-order valence-corrected chi connectivity index (χ2v) is 6.35. The van der Waals surface area contributed by atoms with Gasteiger partial charge in [0.05, 0.1) is 21.7 Å². The number of nitro benzene ring substituents is 1. The first-order valence-corrected chi connectivity index (χ1v) is 8.96. The number of carbonyl (C=O) groups excluding carboxylic acids is 2. The summed E-state index contributed by atoms with van der Waals surface area (Å²) < 4.78 is 5.28. The van der Waals surface area contributed by atoms with E-state index in [0.717, 1.165) is 0 Å². The Morgan fingerprint density at radius 3 is 2.30 bits per heavy atom. The molecule has 0 saturated carbocycles. The molecule has 0 aliphatic rings. The lowest BCUT2D eigenvalue weighted by Crippen LogP contribution is -2.17. The predicted molar refractivity (Wildman–Crippen MR) is 111 cm³/mol. The summed E-state index contributed by atoms with van der Waals surface area (Å²) in [5.74, 6) is -0.754. The Morgan fingerprint density at radius 2 is 1.67 bits per heavy atom. The number of esters is 1. The monoisotopic (exact) mass is 423 g/mol. The number of rotatable bonds is 6. The van der Waals surface area contributed by atoms with Crippen molar-refractivity contribution in [2.75, 3.05) is 0 Å². The lowest BCUT2D eigenvalue weighted by molar-refractivity contribution is -0.384.